The van der Waals surface area contributed by atoms with E-state index in [0.29, 0.717) is 30.7 Å². The van der Waals surface area contributed by atoms with Crippen molar-refractivity contribution in [2.24, 2.45) is 5.92 Å². The lowest BCUT2D eigenvalue weighted by Gasteiger charge is -2.35. The van der Waals surface area contributed by atoms with E-state index >= 15 is 0 Å². The number of hydrogen-bond acceptors (Lipinski definition) is 6. The minimum atomic E-state index is -0.0712. The molecule has 0 aliphatic carbocycles. The van der Waals surface area contributed by atoms with Crippen LogP contribution < -0.4 is 9.64 Å². The maximum atomic E-state index is 12.1. The second kappa shape index (κ2) is 7.21. The number of hydrogen-bond donors (Lipinski definition) is 1. The molecular weight excluding hydrogens is 272 g/mol. The normalized spacial score (nSPS) is 15.7. The Labute approximate surface area is 124 Å². The maximum absolute atomic E-state index is 12.1. The molecule has 21 heavy (non-hydrogen) atoms. The summed E-state index contributed by atoms with van der Waals surface area (Å²) in [7, 11) is 0. The molecule has 7 heteroatoms. The van der Waals surface area contributed by atoms with E-state index in [-0.39, 0.29) is 19.1 Å². The lowest BCUT2D eigenvalue weighted by atomic mass is 10.2. The molecule has 0 aromatic carbocycles. The van der Waals surface area contributed by atoms with Gasteiger partial charge in [0.25, 0.3) is 0 Å². The first-order chi connectivity index (χ1) is 10.1. The first-order valence-electron chi connectivity index (χ1n) is 7.18. The number of piperazine rings is 1. The van der Waals surface area contributed by atoms with Gasteiger partial charge in [0.2, 0.25) is 11.8 Å². The van der Waals surface area contributed by atoms with Crippen molar-refractivity contribution < 1.29 is 14.6 Å². The van der Waals surface area contributed by atoms with Crippen LogP contribution in [0.3, 0.4) is 0 Å². The van der Waals surface area contributed by atoms with Gasteiger partial charge >= 0.3 is 0 Å². The molecule has 0 saturated carbocycles. The summed E-state index contributed by atoms with van der Waals surface area (Å²) in [5.41, 5.74) is 0. The summed E-state index contributed by atoms with van der Waals surface area (Å²) in [4.78, 5) is 24.3. The number of anilines is 1. The van der Waals surface area contributed by atoms with Gasteiger partial charge < -0.3 is 19.6 Å². The van der Waals surface area contributed by atoms with Gasteiger partial charge in [-0.25, -0.2) is 0 Å². The molecule has 7 nitrogen and oxygen atoms in total. The smallest absolute Gasteiger partial charge is 0.242 e. The predicted molar refractivity (Wildman–Crippen MR) is 78.2 cm³/mol. The van der Waals surface area contributed by atoms with E-state index in [2.05, 4.69) is 23.8 Å². The van der Waals surface area contributed by atoms with Crippen LogP contribution in [-0.2, 0) is 4.79 Å². The third-order valence-corrected chi connectivity index (χ3v) is 3.17. The number of amides is 1. The van der Waals surface area contributed by atoms with Crippen LogP contribution in [0.1, 0.15) is 13.8 Å². The zero-order valence-corrected chi connectivity index (χ0v) is 12.5. The highest BCUT2D eigenvalue weighted by Gasteiger charge is 2.25. The van der Waals surface area contributed by atoms with Crippen LogP contribution in [0.15, 0.2) is 12.4 Å². The van der Waals surface area contributed by atoms with E-state index in [1.807, 2.05) is 9.80 Å². The summed E-state index contributed by atoms with van der Waals surface area (Å²) < 4.78 is 5.24. The first kappa shape index (κ1) is 15.5. The molecule has 1 aliphatic heterocycles. The molecule has 1 fully saturated rings. The van der Waals surface area contributed by atoms with Crippen LogP contribution in [0.25, 0.3) is 0 Å². The van der Waals surface area contributed by atoms with Crippen molar-refractivity contribution in [3.63, 3.8) is 0 Å². The van der Waals surface area contributed by atoms with Gasteiger partial charge in [-0.3, -0.25) is 9.78 Å². The maximum Gasteiger partial charge on any atom is 0.242 e. The monoisotopic (exact) mass is 294 g/mol. The summed E-state index contributed by atoms with van der Waals surface area (Å²) in [6, 6.07) is 0. The standard InChI is InChI=1S/C14H22N4O3/c1-11(2)9-18-4-3-17(10-14(18)20)12-7-15-8-13(16-12)21-6-5-19/h7-8,11,19H,3-6,9-10H2,1-2H3. The Kier molecular flexibility index (Phi) is 5.32. The van der Waals surface area contributed by atoms with Crippen molar-refractivity contribution in [1.82, 2.24) is 14.9 Å². The summed E-state index contributed by atoms with van der Waals surface area (Å²) >= 11 is 0. The zero-order chi connectivity index (χ0) is 15.2. The van der Waals surface area contributed by atoms with Gasteiger partial charge in [0.05, 0.1) is 25.5 Å². The molecule has 1 aromatic rings. The van der Waals surface area contributed by atoms with E-state index in [9.17, 15) is 4.79 Å². The molecule has 2 heterocycles. The number of carbonyl (C=O) groups excluding carboxylic acids is 1. The molecule has 116 valence electrons. The largest absolute Gasteiger partial charge is 0.474 e. The highest BCUT2D eigenvalue weighted by Crippen LogP contribution is 2.17. The van der Waals surface area contributed by atoms with E-state index in [1.54, 1.807) is 6.20 Å². The minimum Gasteiger partial charge on any atom is -0.474 e. The number of ether oxygens (including phenoxy) is 1. The number of rotatable bonds is 6. The highest BCUT2D eigenvalue weighted by molar-refractivity contribution is 5.82. The quantitative estimate of drug-likeness (QED) is 0.805. The van der Waals surface area contributed by atoms with E-state index < -0.39 is 0 Å². The van der Waals surface area contributed by atoms with Crippen molar-refractivity contribution >= 4 is 11.7 Å². The Balaban J connectivity index is 1.99. The summed E-state index contributed by atoms with van der Waals surface area (Å²) in [5.74, 6) is 1.57. The van der Waals surface area contributed by atoms with Crippen molar-refractivity contribution in [3.05, 3.63) is 12.4 Å². The summed E-state index contributed by atoms with van der Waals surface area (Å²) in [5, 5.41) is 8.75. The topological polar surface area (TPSA) is 78.8 Å². The Morgan fingerprint density at radius 1 is 1.38 bits per heavy atom. The molecule has 0 atom stereocenters. The van der Waals surface area contributed by atoms with Crippen molar-refractivity contribution in [2.75, 3.05) is 44.3 Å². The Morgan fingerprint density at radius 2 is 2.19 bits per heavy atom. The average Bonchev–Trinajstić information content (AvgIpc) is 2.47. The van der Waals surface area contributed by atoms with E-state index in [1.165, 1.54) is 6.20 Å². The molecule has 0 radical (unpaired) electrons. The van der Waals surface area contributed by atoms with Gasteiger partial charge in [-0.15, -0.1) is 0 Å². The van der Waals surface area contributed by atoms with E-state index in [0.717, 1.165) is 13.1 Å². The third-order valence-electron chi connectivity index (χ3n) is 3.17. The second-order valence-corrected chi connectivity index (χ2v) is 5.44. The van der Waals surface area contributed by atoms with Crippen molar-refractivity contribution in [2.45, 2.75) is 13.8 Å². The van der Waals surface area contributed by atoms with Crippen molar-refractivity contribution in [1.29, 1.82) is 0 Å². The number of aliphatic hydroxyl groups excluding tert-OH is 1. The van der Waals surface area contributed by atoms with Crippen LogP contribution in [0.2, 0.25) is 0 Å². The molecule has 0 unspecified atom stereocenters. The fourth-order valence-electron chi connectivity index (χ4n) is 2.25. The Morgan fingerprint density at radius 3 is 2.86 bits per heavy atom. The summed E-state index contributed by atoms with van der Waals surface area (Å²) in [6.45, 7) is 6.84. The SMILES string of the molecule is CC(C)CN1CCN(c2cncc(OCCO)n2)CC1=O. The average molecular weight is 294 g/mol. The lowest BCUT2D eigenvalue weighted by molar-refractivity contribution is -0.131. The minimum absolute atomic E-state index is 0.0712. The van der Waals surface area contributed by atoms with Crippen molar-refractivity contribution in [3.8, 4) is 5.88 Å². The van der Waals surface area contributed by atoms with Crippen LogP contribution in [0, 0.1) is 5.92 Å². The molecule has 1 N–H and O–H groups in total. The fraction of sp³-hybridized carbons (Fsp3) is 0.643. The molecule has 1 saturated heterocycles. The van der Waals surface area contributed by atoms with Gasteiger partial charge in [-0.05, 0) is 5.92 Å². The first-order valence-corrected chi connectivity index (χ1v) is 7.18. The van der Waals surface area contributed by atoms with Gasteiger partial charge in [-0.1, -0.05) is 13.8 Å². The third kappa shape index (κ3) is 4.29. The Hall–Kier alpha value is -1.89. The molecule has 2 rings (SSSR count). The highest BCUT2D eigenvalue weighted by atomic mass is 16.5. The number of aliphatic hydroxyl groups is 1. The summed E-state index contributed by atoms with van der Waals surface area (Å²) in [6.07, 6.45) is 3.12. The van der Waals surface area contributed by atoms with Crippen LogP contribution in [0.4, 0.5) is 5.82 Å². The van der Waals surface area contributed by atoms with E-state index in [4.69, 9.17) is 9.84 Å². The zero-order valence-electron chi connectivity index (χ0n) is 12.5. The molecular formula is C14H22N4O3. The molecule has 0 spiro atoms. The van der Waals surface area contributed by atoms with Crippen LogP contribution >= 0.6 is 0 Å². The Bertz CT molecular complexity index is 481. The molecule has 1 aromatic heterocycles. The van der Waals surface area contributed by atoms with Crippen LogP contribution in [-0.4, -0.2) is 65.3 Å². The fourth-order valence-corrected chi connectivity index (χ4v) is 2.25. The number of carbonyl (C=O) groups is 1. The van der Waals surface area contributed by atoms with Crippen LogP contribution in [0.5, 0.6) is 5.88 Å². The number of nitrogens with zero attached hydrogens (tertiary/aromatic N) is 4. The second-order valence-electron chi connectivity index (χ2n) is 5.44. The molecule has 0 bridgehead atoms. The van der Waals surface area contributed by atoms with Gasteiger partial charge in [0, 0.05) is 19.6 Å². The van der Waals surface area contributed by atoms with Gasteiger partial charge in [0.15, 0.2) is 5.82 Å². The molecule has 1 amide bonds. The number of aromatic nitrogens is 2. The lowest BCUT2D eigenvalue weighted by Crippen LogP contribution is -2.51. The van der Waals surface area contributed by atoms with Gasteiger partial charge in [0.1, 0.15) is 6.61 Å². The predicted octanol–water partition coefficient (Wildman–Crippen LogP) is 0.152. The van der Waals surface area contributed by atoms with Gasteiger partial charge in [-0.2, -0.15) is 4.98 Å². The molecule has 1 aliphatic rings.